The second kappa shape index (κ2) is 8.43. The Morgan fingerprint density at radius 1 is 1.11 bits per heavy atom. The number of sulfonamides is 1. The van der Waals surface area contributed by atoms with Gasteiger partial charge in [-0.05, 0) is 56.2 Å². The second-order valence-corrected chi connectivity index (χ2v) is 8.44. The van der Waals surface area contributed by atoms with E-state index in [1.807, 2.05) is 44.2 Å². The number of ether oxygens (including phenoxy) is 1. The number of hydrogen-bond donors (Lipinski definition) is 1. The predicted molar refractivity (Wildman–Crippen MR) is 108 cm³/mol. The SMILES string of the molecule is COc1ccc([C@@H](C)NC(=O)[C@H](C)N(c2cccc(C)c2)S(C)(=O)=O)cc1. The molecule has 0 aliphatic heterocycles. The molecule has 27 heavy (non-hydrogen) atoms. The van der Waals surface area contributed by atoms with Crippen LogP contribution >= 0.6 is 0 Å². The van der Waals surface area contributed by atoms with Crippen molar-refractivity contribution in [3.63, 3.8) is 0 Å². The fraction of sp³-hybridized carbons (Fsp3) is 0.350. The van der Waals surface area contributed by atoms with Crippen LogP contribution in [-0.4, -0.2) is 33.7 Å². The first-order valence-electron chi connectivity index (χ1n) is 8.64. The minimum Gasteiger partial charge on any atom is -0.497 e. The maximum absolute atomic E-state index is 12.8. The molecule has 0 saturated carbocycles. The highest BCUT2D eigenvalue weighted by Gasteiger charge is 2.29. The molecule has 7 heteroatoms. The Bertz CT molecular complexity index is 894. The Labute approximate surface area is 161 Å². The number of carbonyl (C=O) groups is 1. The lowest BCUT2D eigenvalue weighted by Gasteiger charge is -2.29. The average Bonchev–Trinajstić information content (AvgIpc) is 2.60. The number of rotatable bonds is 7. The molecule has 0 bridgehead atoms. The van der Waals surface area contributed by atoms with Crippen LogP contribution in [0.3, 0.4) is 0 Å². The number of carbonyl (C=O) groups excluding carboxylic acids is 1. The van der Waals surface area contributed by atoms with Gasteiger partial charge in [0.05, 0.1) is 25.1 Å². The average molecular weight is 391 g/mol. The van der Waals surface area contributed by atoms with E-state index in [2.05, 4.69) is 5.32 Å². The first-order valence-corrected chi connectivity index (χ1v) is 10.5. The van der Waals surface area contributed by atoms with Crippen molar-refractivity contribution in [3.8, 4) is 5.75 Å². The van der Waals surface area contributed by atoms with Crippen molar-refractivity contribution in [2.24, 2.45) is 0 Å². The van der Waals surface area contributed by atoms with Gasteiger partial charge in [-0.1, -0.05) is 24.3 Å². The van der Waals surface area contributed by atoms with E-state index in [9.17, 15) is 13.2 Å². The first kappa shape index (κ1) is 20.8. The van der Waals surface area contributed by atoms with Crippen LogP contribution in [0.2, 0.25) is 0 Å². The maximum Gasteiger partial charge on any atom is 0.244 e. The molecule has 0 saturated heterocycles. The van der Waals surface area contributed by atoms with E-state index >= 15 is 0 Å². The molecule has 2 aromatic rings. The van der Waals surface area contributed by atoms with E-state index in [1.54, 1.807) is 32.2 Å². The third kappa shape index (κ3) is 5.23. The largest absolute Gasteiger partial charge is 0.497 e. The van der Waals surface area contributed by atoms with E-state index in [-0.39, 0.29) is 11.9 Å². The molecule has 2 aromatic carbocycles. The van der Waals surface area contributed by atoms with Gasteiger partial charge in [-0.25, -0.2) is 8.42 Å². The van der Waals surface area contributed by atoms with Gasteiger partial charge in [0.25, 0.3) is 0 Å². The molecule has 6 nitrogen and oxygen atoms in total. The molecule has 2 rings (SSSR count). The summed E-state index contributed by atoms with van der Waals surface area (Å²) >= 11 is 0. The molecule has 0 heterocycles. The molecule has 0 spiro atoms. The van der Waals surface area contributed by atoms with Crippen molar-refractivity contribution in [2.45, 2.75) is 32.9 Å². The Kier molecular flexibility index (Phi) is 6.49. The number of aryl methyl sites for hydroxylation is 1. The highest BCUT2D eigenvalue weighted by molar-refractivity contribution is 7.92. The summed E-state index contributed by atoms with van der Waals surface area (Å²) in [7, 11) is -2.04. The summed E-state index contributed by atoms with van der Waals surface area (Å²) in [6.45, 7) is 5.31. The van der Waals surface area contributed by atoms with Gasteiger partial charge in [0.15, 0.2) is 0 Å². The number of anilines is 1. The lowest BCUT2D eigenvalue weighted by molar-refractivity contribution is -0.122. The molecule has 0 aliphatic carbocycles. The minimum atomic E-state index is -3.63. The second-order valence-electron chi connectivity index (χ2n) is 6.58. The molecule has 0 aliphatic rings. The molecule has 2 atom stereocenters. The van der Waals surface area contributed by atoms with Crippen LogP contribution in [0.15, 0.2) is 48.5 Å². The number of nitrogens with one attached hydrogen (secondary N) is 1. The van der Waals surface area contributed by atoms with Crippen molar-refractivity contribution < 1.29 is 17.9 Å². The zero-order valence-corrected chi connectivity index (χ0v) is 17.1. The summed E-state index contributed by atoms with van der Waals surface area (Å²) in [5.41, 5.74) is 2.29. The number of nitrogens with zero attached hydrogens (tertiary/aromatic N) is 1. The Hall–Kier alpha value is -2.54. The molecule has 0 radical (unpaired) electrons. The Morgan fingerprint density at radius 2 is 1.74 bits per heavy atom. The predicted octanol–water partition coefficient (Wildman–Crippen LogP) is 3.04. The number of hydrogen-bond acceptors (Lipinski definition) is 4. The summed E-state index contributed by atoms with van der Waals surface area (Å²) in [4.78, 5) is 12.8. The molecule has 0 fully saturated rings. The third-order valence-electron chi connectivity index (χ3n) is 4.32. The van der Waals surface area contributed by atoms with Crippen LogP contribution < -0.4 is 14.4 Å². The molecule has 146 valence electrons. The van der Waals surface area contributed by atoms with Crippen molar-refractivity contribution in [1.29, 1.82) is 0 Å². The standard InChI is InChI=1S/C20H26N2O4S/c1-14-7-6-8-18(13-14)22(27(5,24)25)16(3)20(23)21-15(2)17-9-11-19(26-4)12-10-17/h6-13,15-16H,1-5H3,(H,21,23)/t15-,16+/m1/s1. The zero-order valence-electron chi connectivity index (χ0n) is 16.3. The van der Waals surface area contributed by atoms with E-state index in [0.29, 0.717) is 5.69 Å². The van der Waals surface area contributed by atoms with Crippen LogP contribution in [0, 0.1) is 6.92 Å². The smallest absolute Gasteiger partial charge is 0.244 e. The minimum absolute atomic E-state index is 0.273. The molecule has 0 unspecified atom stereocenters. The fourth-order valence-corrected chi connectivity index (χ4v) is 4.05. The summed E-state index contributed by atoms with van der Waals surface area (Å²) in [6.07, 6.45) is 1.10. The molecule has 0 aromatic heterocycles. The van der Waals surface area contributed by atoms with Crippen LogP contribution in [0.4, 0.5) is 5.69 Å². The third-order valence-corrected chi connectivity index (χ3v) is 5.56. The van der Waals surface area contributed by atoms with Crippen LogP contribution in [0.1, 0.15) is 31.0 Å². The highest BCUT2D eigenvalue weighted by atomic mass is 32.2. The lowest BCUT2D eigenvalue weighted by atomic mass is 10.1. The quantitative estimate of drug-likeness (QED) is 0.788. The van der Waals surface area contributed by atoms with Crippen molar-refractivity contribution in [2.75, 3.05) is 17.7 Å². The molecule has 1 amide bonds. The molecular formula is C20H26N2O4S. The van der Waals surface area contributed by atoms with Gasteiger partial charge in [-0.2, -0.15) is 0 Å². The zero-order chi connectivity index (χ0) is 20.2. The van der Waals surface area contributed by atoms with Crippen molar-refractivity contribution in [3.05, 3.63) is 59.7 Å². The summed E-state index contributed by atoms with van der Waals surface area (Å²) in [5.74, 6) is 0.360. The number of amides is 1. The summed E-state index contributed by atoms with van der Waals surface area (Å²) in [5, 5.41) is 2.88. The van der Waals surface area contributed by atoms with E-state index in [0.717, 1.165) is 27.4 Å². The van der Waals surface area contributed by atoms with Gasteiger partial charge in [-0.3, -0.25) is 9.10 Å². The van der Waals surface area contributed by atoms with Crippen LogP contribution in [0.5, 0.6) is 5.75 Å². The molecule has 1 N–H and O–H groups in total. The monoisotopic (exact) mass is 390 g/mol. The first-order chi connectivity index (χ1) is 12.6. The Morgan fingerprint density at radius 3 is 2.26 bits per heavy atom. The van der Waals surface area contributed by atoms with Crippen molar-refractivity contribution in [1.82, 2.24) is 5.32 Å². The normalized spacial score (nSPS) is 13.5. The van der Waals surface area contributed by atoms with Gasteiger partial charge < -0.3 is 10.1 Å². The van der Waals surface area contributed by atoms with E-state index in [1.165, 1.54) is 0 Å². The fourth-order valence-electron chi connectivity index (χ4n) is 2.88. The summed E-state index contributed by atoms with van der Waals surface area (Å²) in [6, 6.07) is 13.3. The summed E-state index contributed by atoms with van der Waals surface area (Å²) < 4.78 is 31.0. The van der Waals surface area contributed by atoms with Crippen LogP contribution in [0.25, 0.3) is 0 Å². The number of benzene rings is 2. The van der Waals surface area contributed by atoms with Gasteiger partial charge in [0.2, 0.25) is 15.9 Å². The maximum atomic E-state index is 12.8. The highest BCUT2D eigenvalue weighted by Crippen LogP contribution is 2.23. The van der Waals surface area contributed by atoms with E-state index < -0.39 is 16.1 Å². The lowest BCUT2D eigenvalue weighted by Crippen LogP contribution is -2.48. The van der Waals surface area contributed by atoms with Gasteiger partial charge in [-0.15, -0.1) is 0 Å². The van der Waals surface area contributed by atoms with Gasteiger partial charge in [0, 0.05) is 0 Å². The molecular weight excluding hydrogens is 364 g/mol. The topological polar surface area (TPSA) is 75.7 Å². The van der Waals surface area contributed by atoms with Crippen molar-refractivity contribution >= 4 is 21.6 Å². The van der Waals surface area contributed by atoms with Gasteiger partial charge >= 0.3 is 0 Å². The Balaban J connectivity index is 2.21. The number of methoxy groups -OCH3 is 1. The van der Waals surface area contributed by atoms with E-state index in [4.69, 9.17) is 4.74 Å². The van der Waals surface area contributed by atoms with Gasteiger partial charge in [0.1, 0.15) is 11.8 Å². The van der Waals surface area contributed by atoms with Crippen LogP contribution in [-0.2, 0) is 14.8 Å².